The third kappa shape index (κ3) is 2.34. The number of terminal acetylenes is 1. The van der Waals surface area contributed by atoms with Gasteiger partial charge in [-0.15, -0.1) is 6.42 Å². The van der Waals surface area contributed by atoms with Crippen molar-refractivity contribution in [3.05, 3.63) is 0 Å². The lowest BCUT2D eigenvalue weighted by Crippen LogP contribution is -2.66. The summed E-state index contributed by atoms with van der Waals surface area (Å²) in [6.45, 7) is 9.18. The van der Waals surface area contributed by atoms with E-state index in [9.17, 15) is 0 Å². The molecule has 0 aromatic heterocycles. The summed E-state index contributed by atoms with van der Waals surface area (Å²) in [4.78, 5) is 5.08. The Labute approximate surface area is 92.8 Å². The zero-order chi connectivity index (χ0) is 10.7. The Hall–Kier alpha value is -0.560. The molecule has 0 aromatic rings. The number of nitrogens with one attached hydrogen (secondary N) is 1. The van der Waals surface area contributed by atoms with Gasteiger partial charge in [-0.25, -0.2) is 0 Å². The minimum absolute atomic E-state index is 0.230. The Kier molecular flexibility index (Phi) is 3.63. The Balaban J connectivity index is 1.93. The summed E-state index contributed by atoms with van der Waals surface area (Å²) in [5.41, 5.74) is 0. The molecule has 0 spiro atoms. The molecule has 0 aromatic carbocycles. The lowest BCUT2D eigenvalue weighted by Gasteiger charge is -2.49. The summed E-state index contributed by atoms with van der Waals surface area (Å²) in [7, 11) is 0. The minimum atomic E-state index is 0.230. The average molecular weight is 207 g/mol. The molecule has 0 amide bonds. The molecule has 3 rings (SSSR count). The predicted molar refractivity (Wildman–Crippen MR) is 62.7 cm³/mol. The fraction of sp³-hybridized carbons (Fsp3) is 0.833. The van der Waals surface area contributed by atoms with Gasteiger partial charge < -0.3 is 5.32 Å². The Morgan fingerprint density at radius 2 is 2.13 bits per heavy atom. The van der Waals surface area contributed by atoms with E-state index < -0.39 is 0 Å². The molecular formula is C12H21N3. The van der Waals surface area contributed by atoms with Crippen molar-refractivity contribution in [2.24, 2.45) is 0 Å². The monoisotopic (exact) mass is 207 g/mol. The van der Waals surface area contributed by atoms with Crippen molar-refractivity contribution >= 4 is 0 Å². The van der Waals surface area contributed by atoms with E-state index >= 15 is 0 Å². The van der Waals surface area contributed by atoms with Gasteiger partial charge in [0.25, 0.3) is 0 Å². The normalized spacial score (nSPS) is 36.1. The smallest absolute Gasteiger partial charge is 0.0857 e. The van der Waals surface area contributed by atoms with E-state index in [2.05, 4.69) is 28.0 Å². The molecule has 15 heavy (non-hydrogen) atoms. The second-order valence-electron chi connectivity index (χ2n) is 4.50. The number of nitrogens with zero attached hydrogens (tertiary/aromatic N) is 2. The number of fused-ring (bicyclic) bond motifs is 3. The first-order valence-electron chi connectivity index (χ1n) is 6.01. The zero-order valence-corrected chi connectivity index (χ0v) is 9.58. The molecule has 3 heteroatoms. The SMILES string of the molecule is C#CC(NCCC)C1CN2CCN1CC2. The summed E-state index contributed by atoms with van der Waals surface area (Å²) in [6, 6.07) is 0.761. The summed E-state index contributed by atoms with van der Waals surface area (Å²) in [5.74, 6) is 2.91. The number of hydrogen-bond donors (Lipinski definition) is 1. The van der Waals surface area contributed by atoms with Gasteiger partial charge in [0.15, 0.2) is 0 Å². The summed E-state index contributed by atoms with van der Waals surface area (Å²) >= 11 is 0. The first-order chi connectivity index (χ1) is 7.35. The zero-order valence-electron chi connectivity index (χ0n) is 9.58. The van der Waals surface area contributed by atoms with Crippen molar-refractivity contribution in [3.8, 4) is 12.3 Å². The van der Waals surface area contributed by atoms with Gasteiger partial charge in [0, 0.05) is 38.8 Å². The van der Waals surface area contributed by atoms with Crippen molar-refractivity contribution in [1.82, 2.24) is 15.1 Å². The summed E-state index contributed by atoms with van der Waals surface area (Å²) < 4.78 is 0. The van der Waals surface area contributed by atoms with Crippen molar-refractivity contribution in [1.29, 1.82) is 0 Å². The molecular weight excluding hydrogens is 186 g/mol. The molecule has 2 unspecified atom stereocenters. The van der Waals surface area contributed by atoms with E-state index in [-0.39, 0.29) is 6.04 Å². The van der Waals surface area contributed by atoms with Crippen molar-refractivity contribution < 1.29 is 0 Å². The van der Waals surface area contributed by atoms with Gasteiger partial charge in [-0.05, 0) is 13.0 Å². The molecule has 3 nitrogen and oxygen atoms in total. The first-order valence-corrected chi connectivity index (χ1v) is 6.01. The molecule has 0 saturated carbocycles. The topological polar surface area (TPSA) is 18.5 Å². The van der Waals surface area contributed by atoms with Gasteiger partial charge >= 0.3 is 0 Å². The van der Waals surface area contributed by atoms with Crippen LogP contribution in [0.15, 0.2) is 0 Å². The van der Waals surface area contributed by atoms with E-state index in [1.807, 2.05) is 0 Å². The van der Waals surface area contributed by atoms with Crippen molar-refractivity contribution in [3.63, 3.8) is 0 Å². The standard InChI is InChI=1S/C12H21N3/c1-3-5-13-11(4-2)12-10-14-6-8-15(12)9-7-14/h2,11-13H,3,5-10H2,1H3. The second-order valence-corrected chi connectivity index (χ2v) is 4.50. The van der Waals surface area contributed by atoms with Crippen molar-refractivity contribution in [2.75, 3.05) is 39.3 Å². The van der Waals surface area contributed by atoms with Crippen LogP contribution >= 0.6 is 0 Å². The molecule has 3 aliphatic heterocycles. The third-order valence-electron chi connectivity index (χ3n) is 3.50. The van der Waals surface area contributed by atoms with Crippen molar-refractivity contribution in [2.45, 2.75) is 25.4 Å². The van der Waals surface area contributed by atoms with Gasteiger partial charge in [0.1, 0.15) is 0 Å². The fourth-order valence-electron chi connectivity index (χ4n) is 2.58. The second kappa shape index (κ2) is 4.98. The van der Waals surface area contributed by atoms with Crippen LogP contribution in [0, 0.1) is 12.3 Å². The Morgan fingerprint density at radius 1 is 1.40 bits per heavy atom. The fourth-order valence-corrected chi connectivity index (χ4v) is 2.58. The van der Waals surface area contributed by atoms with E-state index in [0.717, 1.165) is 19.5 Å². The van der Waals surface area contributed by atoms with E-state index in [1.165, 1.54) is 26.2 Å². The van der Waals surface area contributed by atoms with Crippen LogP contribution in [-0.2, 0) is 0 Å². The predicted octanol–water partition coefficient (Wildman–Crippen LogP) is -0.0124. The van der Waals surface area contributed by atoms with E-state index in [1.54, 1.807) is 0 Å². The highest BCUT2D eigenvalue weighted by Gasteiger charge is 2.35. The maximum absolute atomic E-state index is 5.62. The third-order valence-corrected chi connectivity index (χ3v) is 3.50. The van der Waals surface area contributed by atoms with E-state index in [0.29, 0.717) is 6.04 Å². The average Bonchev–Trinajstić information content (AvgIpc) is 2.32. The molecule has 84 valence electrons. The molecule has 1 N–H and O–H groups in total. The van der Waals surface area contributed by atoms with E-state index in [4.69, 9.17) is 6.42 Å². The van der Waals surface area contributed by atoms with Crippen LogP contribution in [0.5, 0.6) is 0 Å². The Bertz CT molecular complexity index is 238. The number of rotatable bonds is 4. The van der Waals surface area contributed by atoms with Gasteiger partial charge in [-0.3, -0.25) is 9.80 Å². The van der Waals surface area contributed by atoms with Gasteiger partial charge in [-0.1, -0.05) is 12.8 Å². The lowest BCUT2D eigenvalue weighted by atomic mass is 10.0. The van der Waals surface area contributed by atoms with Crippen LogP contribution in [0.2, 0.25) is 0 Å². The van der Waals surface area contributed by atoms with Crippen LogP contribution in [0.3, 0.4) is 0 Å². The first kappa shape index (κ1) is 10.9. The lowest BCUT2D eigenvalue weighted by molar-refractivity contribution is 0.00501. The van der Waals surface area contributed by atoms with Gasteiger partial charge in [0.2, 0.25) is 0 Å². The highest BCUT2D eigenvalue weighted by molar-refractivity contribution is 5.08. The van der Waals surface area contributed by atoms with Crippen LogP contribution in [0.25, 0.3) is 0 Å². The number of hydrogen-bond acceptors (Lipinski definition) is 3. The maximum Gasteiger partial charge on any atom is 0.0857 e. The molecule has 3 heterocycles. The molecule has 3 fully saturated rings. The number of piperazine rings is 3. The molecule has 3 saturated heterocycles. The molecule has 3 aliphatic rings. The molecule has 0 aliphatic carbocycles. The van der Waals surface area contributed by atoms with Crippen LogP contribution in [-0.4, -0.2) is 61.2 Å². The van der Waals surface area contributed by atoms with Gasteiger partial charge in [0.05, 0.1) is 6.04 Å². The maximum atomic E-state index is 5.62. The van der Waals surface area contributed by atoms with Gasteiger partial charge in [-0.2, -0.15) is 0 Å². The molecule has 0 radical (unpaired) electrons. The summed E-state index contributed by atoms with van der Waals surface area (Å²) in [5, 5.41) is 3.47. The Morgan fingerprint density at radius 3 is 2.60 bits per heavy atom. The quantitative estimate of drug-likeness (QED) is 0.654. The molecule has 2 bridgehead atoms. The summed E-state index contributed by atoms with van der Waals surface area (Å²) in [6.07, 6.45) is 6.77. The largest absolute Gasteiger partial charge is 0.302 e. The highest BCUT2D eigenvalue weighted by atomic mass is 15.4. The van der Waals surface area contributed by atoms with Crippen LogP contribution in [0.4, 0.5) is 0 Å². The van der Waals surface area contributed by atoms with Crippen LogP contribution in [0.1, 0.15) is 13.3 Å². The highest BCUT2D eigenvalue weighted by Crippen LogP contribution is 2.17. The minimum Gasteiger partial charge on any atom is -0.302 e. The molecule has 2 atom stereocenters. The van der Waals surface area contributed by atoms with Crippen LogP contribution < -0.4 is 5.32 Å².